The van der Waals surface area contributed by atoms with E-state index in [9.17, 15) is 13.2 Å². The van der Waals surface area contributed by atoms with Gasteiger partial charge in [0.25, 0.3) is 10.0 Å². The molecular weight excluding hydrogens is 412 g/mol. The summed E-state index contributed by atoms with van der Waals surface area (Å²) in [5, 5.41) is 3.17. The molecule has 0 heterocycles. The van der Waals surface area contributed by atoms with Crippen molar-refractivity contribution in [2.75, 3.05) is 10.0 Å². The summed E-state index contributed by atoms with van der Waals surface area (Å²) in [4.78, 5) is 12.3. The molecule has 0 amide bonds. The van der Waals surface area contributed by atoms with E-state index in [4.69, 9.17) is 4.74 Å². The fraction of sp³-hybridized carbons (Fsp3) is 0.208. The minimum atomic E-state index is -3.97. The maximum Gasteiger partial charge on any atom is 0.338 e. The fourth-order valence-electron chi connectivity index (χ4n) is 2.92. The number of aryl methyl sites for hydroxylation is 1. The highest BCUT2D eigenvalue weighted by Gasteiger charge is 2.22. The number of ether oxygens (including phenoxy) is 1. The molecule has 0 aliphatic heterocycles. The molecule has 0 fully saturated rings. The molecule has 7 heteroatoms. The summed E-state index contributed by atoms with van der Waals surface area (Å²) in [6.45, 7) is 5.84. The van der Waals surface area contributed by atoms with Gasteiger partial charge >= 0.3 is 5.97 Å². The largest absolute Gasteiger partial charge is 0.459 e. The summed E-state index contributed by atoms with van der Waals surface area (Å²) < 4.78 is 34.2. The van der Waals surface area contributed by atoms with Crippen LogP contribution in [0.25, 0.3) is 0 Å². The SMILES string of the molecule is Cc1ccc(NS(=O)(=O)c2cc(C(=O)OC(C)C)ccc2NCc2ccccc2)cc1. The van der Waals surface area contributed by atoms with Crippen LogP contribution >= 0.6 is 0 Å². The van der Waals surface area contributed by atoms with Crippen LogP contribution < -0.4 is 10.0 Å². The standard InChI is InChI=1S/C24H26N2O4S/c1-17(2)30-24(27)20-11-14-22(25-16-19-7-5-4-6-8-19)23(15-20)31(28,29)26-21-12-9-18(3)10-13-21/h4-15,17,25-26H,16H2,1-3H3. The van der Waals surface area contributed by atoms with Crippen LogP contribution in [-0.4, -0.2) is 20.5 Å². The van der Waals surface area contributed by atoms with E-state index in [0.29, 0.717) is 17.9 Å². The van der Waals surface area contributed by atoms with Crippen molar-refractivity contribution in [3.63, 3.8) is 0 Å². The lowest BCUT2D eigenvalue weighted by molar-refractivity contribution is 0.0377. The van der Waals surface area contributed by atoms with Gasteiger partial charge in [0.1, 0.15) is 4.90 Å². The zero-order valence-electron chi connectivity index (χ0n) is 17.8. The lowest BCUT2D eigenvalue weighted by Crippen LogP contribution is -2.17. The van der Waals surface area contributed by atoms with Gasteiger partial charge in [-0.25, -0.2) is 13.2 Å². The molecule has 0 aliphatic carbocycles. The van der Waals surface area contributed by atoms with Crippen molar-refractivity contribution >= 4 is 27.4 Å². The number of carbonyl (C=O) groups excluding carboxylic acids is 1. The molecule has 0 radical (unpaired) electrons. The third-order valence-corrected chi connectivity index (χ3v) is 5.90. The Bertz CT molecular complexity index is 1140. The lowest BCUT2D eigenvalue weighted by Gasteiger charge is -2.16. The Morgan fingerprint density at radius 2 is 1.65 bits per heavy atom. The Balaban J connectivity index is 1.95. The van der Waals surface area contributed by atoms with E-state index in [1.807, 2.05) is 49.4 Å². The summed E-state index contributed by atoms with van der Waals surface area (Å²) in [5.41, 5.74) is 3.02. The second-order valence-electron chi connectivity index (χ2n) is 7.48. The van der Waals surface area contributed by atoms with E-state index in [-0.39, 0.29) is 16.6 Å². The third kappa shape index (κ3) is 6.08. The number of esters is 1. The number of rotatable bonds is 8. The van der Waals surface area contributed by atoms with Crippen molar-refractivity contribution in [3.05, 3.63) is 89.5 Å². The Labute approximate surface area is 183 Å². The molecule has 3 rings (SSSR count). The zero-order chi connectivity index (χ0) is 22.4. The monoisotopic (exact) mass is 438 g/mol. The Kier molecular flexibility index (Phi) is 6.97. The molecule has 3 aromatic rings. The molecule has 0 atom stereocenters. The van der Waals surface area contributed by atoms with Crippen molar-refractivity contribution in [1.82, 2.24) is 0 Å². The molecule has 0 aromatic heterocycles. The number of hydrogen-bond acceptors (Lipinski definition) is 5. The first-order chi connectivity index (χ1) is 14.7. The second-order valence-corrected chi connectivity index (χ2v) is 9.13. The van der Waals surface area contributed by atoms with Crippen LogP contribution in [0.3, 0.4) is 0 Å². The lowest BCUT2D eigenvalue weighted by atomic mass is 10.2. The highest BCUT2D eigenvalue weighted by molar-refractivity contribution is 7.92. The first-order valence-electron chi connectivity index (χ1n) is 9.97. The molecule has 31 heavy (non-hydrogen) atoms. The topological polar surface area (TPSA) is 84.5 Å². The molecule has 6 nitrogen and oxygen atoms in total. The van der Waals surface area contributed by atoms with Gasteiger partial charge in [0.2, 0.25) is 0 Å². The highest BCUT2D eigenvalue weighted by Crippen LogP contribution is 2.26. The van der Waals surface area contributed by atoms with Gasteiger partial charge in [0.05, 0.1) is 17.4 Å². The summed E-state index contributed by atoms with van der Waals surface area (Å²) in [6, 6.07) is 21.2. The molecular formula is C24H26N2O4S. The van der Waals surface area contributed by atoms with Gasteiger partial charge in [-0.15, -0.1) is 0 Å². The quantitative estimate of drug-likeness (QED) is 0.485. The number of hydrogen-bond donors (Lipinski definition) is 2. The number of benzene rings is 3. The van der Waals surface area contributed by atoms with Gasteiger partial charge in [-0.1, -0.05) is 48.0 Å². The molecule has 0 aliphatic rings. The molecule has 0 saturated heterocycles. The Morgan fingerprint density at radius 3 is 2.29 bits per heavy atom. The average molecular weight is 439 g/mol. The molecule has 162 valence electrons. The van der Waals surface area contributed by atoms with E-state index >= 15 is 0 Å². The molecule has 2 N–H and O–H groups in total. The maximum absolute atomic E-state index is 13.2. The number of nitrogens with one attached hydrogen (secondary N) is 2. The van der Waals surface area contributed by atoms with Crippen LogP contribution in [0.1, 0.15) is 35.3 Å². The van der Waals surface area contributed by atoms with Crippen LogP contribution in [0.15, 0.2) is 77.7 Å². The Hall–Kier alpha value is -3.32. The predicted octanol–water partition coefficient (Wildman–Crippen LogP) is 4.97. The summed E-state index contributed by atoms with van der Waals surface area (Å²) in [6.07, 6.45) is -0.311. The van der Waals surface area contributed by atoms with Gasteiger partial charge in [-0.3, -0.25) is 4.72 Å². The minimum absolute atomic E-state index is 0.0257. The van der Waals surface area contributed by atoms with Crippen LogP contribution in [0.5, 0.6) is 0 Å². The van der Waals surface area contributed by atoms with Crippen molar-refractivity contribution in [2.45, 2.75) is 38.3 Å². The smallest absolute Gasteiger partial charge is 0.338 e. The van der Waals surface area contributed by atoms with Gasteiger partial charge < -0.3 is 10.1 Å². The first kappa shape index (κ1) is 22.4. The van der Waals surface area contributed by atoms with E-state index in [1.54, 1.807) is 38.1 Å². The molecule has 0 bridgehead atoms. The van der Waals surface area contributed by atoms with Crippen molar-refractivity contribution < 1.29 is 17.9 Å². The van der Waals surface area contributed by atoms with Crippen molar-refractivity contribution in [1.29, 1.82) is 0 Å². The summed E-state index contributed by atoms with van der Waals surface area (Å²) in [7, 11) is -3.97. The molecule has 0 saturated carbocycles. The van der Waals surface area contributed by atoms with Gasteiger partial charge in [0, 0.05) is 12.2 Å². The molecule has 0 spiro atoms. The first-order valence-corrected chi connectivity index (χ1v) is 11.5. The minimum Gasteiger partial charge on any atom is -0.459 e. The maximum atomic E-state index is 13.2. The molecule has 3 aromatic carbocycles. The van der Waals surface area contributed by atoms with Crippen molar-refractivity contribution in [3.8, 4) is 0 Å². The van der Waals surface area contributed by atoms with Gasteiger partial charge in [-0.05, 0) is 56.7 Å². The zero-order valence-corrected chi connectivity index (χ0v) is 18.6. The Morgan fingerprint density at radius 1 is 0.968 bits per heavy atom. The van der Waals surface area contributed by atoms with Crippen LogP contribution in [-0.2, 0) is 21.3 Å². The van der Waals surface area contributed by atoms with E-state index in [2.05, 4.69) is 10.0 Å². The predicted molar refractivity (Wildman–Crippen MR) is 123 cm³/mol. The number of carbonyl (C=O) groups is 1. The average Bonchev–Trinajstić information content (AvgIpc) is 2.74. The van der Waals surface area contributed by atoms with E-state index < -0.39 is 16.0 Å². The summed E-state index contributed by atoms with van der Waals surface area (Å²) in [5.74, 6) is -0.573. The fourth-order valence-corrected chi connectivity index (χ4v) is 4.19. The second kappa shape index (κ2) is 9.66. The third-order valence-electron chi connectivity index (χ3n) is 4.48. The molecule has 0 unspecified atom stereocenters. The van der Waals surface area contributed by atoms with Crippen LogP contribution in [0.4, 0.5) is 11.4 Å². The number of sulfonamides is 1. The van der Waals surface area contributed by atoms with Crippen LogP contribution in [0.2, 0.25) is 0 Å². The van der Waals surface area contributed by atoms with Crippen molar-refractivity contribution in [2.24, 2.45) is 0 Å². The summed E-state index contributed by atoms with van der Waals surface area (Å²) >= 11 is 0. The van der Waals surface area contributed by atoms with Gasteiger partial charge in [-0.2, -0.15) is 0 Å². The normalized spacial score (nSPS) is 11.2. The van der Waals surface area contributed by atoms with Crippen LogP contribution in [0, 0.1) is 6.92 Å². The van der Waals surface area contributed by atoms with Gasteiger partial charge in [0.15, 0.2) is 0 Å². The van der Waals surface area contributed by atoms with E-state index in [1.165, 1.54) is 6.07 Å². The number of anilines is 2. The highest BCUT2D eigenvalue weighted by atomic mass is 32.2. The van der Waals surface area contributed by atoms with E-state index in [0.717, 1.165) is 11.1 Å².